The molecule has 0 aliphatic rings. The average Bonchev–Trinajstić information content (AvgIpc) is 2.84. The van der Waals surface area contributed by atoms with Gasteiger partial charge in [-0.1, -0.05) is 12.1 Å². The van der Waals surface area contributed by atoms with Crippen LogP contribution in [-0.4, -0.2) is 56.1 Å². The summed E-state index contributed by atoms with van der Waals surface area (Å²) in [4.78, 5) is 8.65. The van der Waals surface area contributed by atoms with Crippen molar-refractivity contribution in [1.82, 2.24) is 20.2 Å². The Hall–Kier alpha value is -1.36. The molecule has 0 bridgehead atoms. The first-order valence-electron chi connectivity index (χ1n) is 7.95. The number of para-hydroxylation sites is 2. The minimum Gasteiger partial charge on any atom is -0.356 e. The van der Waals surface area contributed by atoms with Gasteiger partial charge in [-0.2, -0.15) is 0 Å². The van der Waals surface area contributed by atoms with E-state index in [1.807, 2.05) is 25.1 Å². The molecule has 0 aliphatic heterocycles. The van der Waals surface area contributed by atoms with Crippen LogP contribution in [0, 0.1) is 6.92 Å². The van der Waals surface area contributed by atoms with Gasteiger partial charge in [-0.25, -0.2) is 13.4 Å². The van der Waals surface area contributed by atoms with Crippen LogP contribution >= 0.6 is 24.0 Å². The summed E-state index contributed by atoms with van der Waals surface area (Å²) >= 11 is 0. The summed E-state index contributed by atoms with van der Waals surface area (Å²) in [6.07, 6.45) is 2.14. The lowest BCUT2D eigenvalue weighted by Gasteiger charge is -2.12. The zero-order valence-corrected chi connectivity index (χ0v) is 18.0. The summed E-state index contributed by atoms with van der Waals surface area (Å²) in [7, 11) is -1.29. The number of sulfone groups is 1. The van der Waals surface area contributed by atoms with Crippen LogP contribution in [0.1, 0.15) is 12.2 Å². The fourth-order valence-electron chi connectivity index (χ4n) is 2.50. The van der Waals surface area contributed by atoms with Crippen molar-refractivity contribution in [3.63, 3.8) is 0 Å². The van der Waals surface area contributed by atoms with E-state index in [9.17, 15) is 8.42 Å². The number of hydrogen-bond donors (Lipinski definition) is 2. The molecule has 9 heteroatoms. The van der Waals surface area contributed by atoms with Crippen molar-refractivity contribution in [2.24, 2.45) is 4.99 Å². The third-order valence-corrected chi connectivity index (χ3v) is 4.63. The van der Waals surface area contributed by atoms with Crippen molar-refractivity contribution < 1.29 is 8.42 Å². The first-order valence-corrected chi connectivity index (χ1v) is 10.0. The number of fused-ring (bicyclic) bond motifs is 1. The number of benzene rings is 1. The number of imidazole rings is 1. The van der Waals surface area contributed by atoms with E-state index in [-0.39, 0.29) is 29.7 Å². The summed E-state index contributed by atoms with van der Waals surface area (Å²) in [6.45, 7) is 3.97. The number of rotatable bonds is 7. The maximum absolute atomic E-state index is 11.1. The van der Waals surface area contributed by atoms with Crippen molar-refractivity contribution in [2.45, 2.75) is 19.9 Å². The highest BCUT2D eigenvalue weighted by molar-refractivity contribution is 14.0. The fraction of sp³-hybridized carbons (Fsp3) is 0.500. The van der Waals surface area contributed by atoms with Crippen molar-refractivity contribution in [1.29, 1.82) is 0 Å². The van der Waals surface area contributed by atoms with Crippen LogP contribution in [0.2, 0.25) is 0 Å². The molecule has 140 valence electrons. The lowest BCUT2D eigenvalue weighted by molar-refractivity contribution is 0.600. The molecule has 7 nitrogen and oxygen atoms in total. The standard InChI is InChI=1S/C16H25N5O2S.HI/c1-13-20-14-7-4-5-8-15(14)21(13)11-6-9-18-16(17-2)19-10-12-24(3,22)23;/h4-5,7-8H,6,9-12H2,1-3H3,(H2,17,18,19);1H. The highest BCUT2D eigenvalue weighted by atomic mass is 127. The molecular formula is C16H26IN5O2S. The van der Waals surface area contributed by atoms with E-state index >= 15 is 0 Å². The summed E-state index contributed by atoms with van der Waals surface area (Å²) in [5.74, 6) is 1.71. The lowest BCUT2D eigenvalue weighted by atomic mass is 10.3. The number of nitrogens with zero attached hydrogens (tertiary/aromatic N) is 3. The van der Waals surface area contributed by atoms with Crippen molar-refractivity contribution in [3.8, 4) is 0 Å². The molecule has 0 amide bonds. The Balaban J connectivity index is 0.00000312. The Morgan fingerprint density at radius 3 is 2.60 bits per heavy atom. The Labute approximate surface area is 166 Å². The van der Waals surface area contributed by atoms with Gasteiger partial charge in [-0.3, -0.25) is 4.99 Å². The van der Waals surface area contributed by atoms with E-state index in [1.165, 1.54) is 6.26 Å². The zero-order chi connectivity index (χ0) is 17.6. The van der Waals surface area contributed by atoms with E-state index in [4.69, 9.17) is 0 Å². The predicted octanol–water partition coefficient (Wildman–Crippen LogP) is 1.56. The monoisotopic (exact) mass is 479 g/mol. The predicted molar refractivity (Wildman–Crippen MR) is 114 cm³/mol. The van der Waals surface area contributed by atoms with E-state index in [2.05, 4.69) is 31.2 Å². The van der Waals surface area contributed by atoms with Gasteiger partial charge in [0.2, 0.25) is 0 Å². The van der Waals surface area contributed by atoms with E-state index in [0.717, 1.165) is 36.4 Å². The largest absolute Gasteiger partial charge is 0.356 e. The number of aliphatic imine (C=N–C) groups is 1. The average molecular weight is 479 g/mol. The fourth-order valence-corrected chi connectivity index (χ4v) is 2.97. The first kappa shape index (κ1) is 21.7. The Morgan fingerprint density at radius 2 is 1.92 bits per heavy atom. The third kappa shape index (κ3) is 6.81. The SMILES string of the molecule is CN=C(NCCCn1c(C)nc2ccccc21)NCCS(C)(=O)=O.I. The Kier molecular flexibility index (Phi) is 8.63. The van der Waals surface area contributed by atoms with Crippen LogP contribution in [0.25, 0.3) is 11.0 Å². The highest BCUT2D eigenvalue weighted by Crippen LogP contribution is 2.15. The molecule has 2 rings (SSSR count). The quantitative estimate of drug-likeness (QED) is 0.273. The second-order valence-corrected chi connectivity index (χ2v) is 7.97. The molecule has 1 aromatic heterocycles. The number of hydrogen-bond acceptors (Lipinski definition) is 4. The van der Waals surface area contributed by atoms with Crippen molar-refractivity contribution in [2.75, 3.05) is 32.1 Å². The molecule has 0 fully saturated rings. The highest BCUT2D eigenvalue weighted by Gasteiger charge is 2.06. The van der Waals surface area contributed by atoms with Crippen LogP contribution in [0.15, 0.2) is 29.3 Å². The lowest BCUT2D eigenvalue weighted by Crippen LogP contribution is -2.40. The summed E-state index contributed by atoms with van der Waals surface area (Å²) < 4.78 is 24.5. The van der Waals surface area contributed by atoms with Gasteiger partial charge in [0, 0.05) is 32.9 Å². The molecule has 1 aromatic carbocycles. The maximum Gasteiger partial charge on any atom is 0.191 e. The first-order chi connectivity index (χ1) is 11.4. The zero-order valence-electron chi connectivity index (χ0n) is 14.8. The number of aromatic nitrogens is 2. The molecule has 0 atom stereocenters. The van der Waals surface area contributed by atoms with Gasteiger partial charge in [0.1, 0.15) is 15.7 Å². The van der Waals surface area contributed by atoms with Crippen LogP contribution in [0.5, 0.6) is 0 Å². The minimum atomic E-state index is -2.96. The van der Waals surface area contributed by atoms with Gasteiger partial charge in [0.15, 0.2) is 5.96 Å². The summed E-state index contributed by atoms with van der Waals surface area (Å²) in [6, 6.07) is 8.11. The number of guanidine groups is 1. The van der Waals surface area contributed by atoms with Gasteiger partial charge in [0.05, 0.1) is 16.8 Å². The second-order valence-electron chi connectivity index (χ2n) is 5.71. The van der Waals surface area contributed by atoms with E-state index in [0.29, 0.717) is 12.5 Å². The molecule has 0 spiro atoms. The molecule has 0 unspecified atom stereocenters. The van der Waals surface area contributed by atoms with Crippen LogP contribution in [-0.2, 0) is 16.4 Å². The van der Waals surface area contributed by atoms with Gasteiger partial charge in [0.25, 0.3) is 0 Å². The molecular weight excluding hydrogens is 453 g/mol. The third-order valence-electron chi connectivity index (χ3n) is 3.69. The van der Waals surface area contributed by atoms with Crippen molar-refractivity contribution >= 4 is 50.8 Å². The molecule has 0 saturated carbocycles. The molecule has 0 aliphatic carbocycles. The Bertz CT molecular complexity index is 817. The smallest absolute Gasteiger partial charge is 0.191 e. The molecule has 1 heterocycles. The number of halogens is 1. The minimum absolute atomic E-state index is 0. The van der Waals surface area contributed by atoms with Gasteiger partial charge in [-0.05, 0) is 25.5 Å². The van der Waals surface area contributed by atoms with Gasteiger partial charge < -0.3 is 15.2 Å². The normalized spacial score (nSPS) is 12.0. The van der Waals surface area contributed by atoms with Crippen LogP contribution < -0.4 is 10.6 Å². The Morgan fingerprint density at radius 1 is 1.24 bits per heavy atom. The van der Waals surface area contributed by atoms with Gasteiger partial charge in [-0.15, -0.1) is 24.0 Å². The molecule has 2 aromatic rings. The van der Waals surface area contributed by atoms with E-state index in [1.54, 1.807) is 7.05 Å². The number of aryl methyl sites for hydroxylation is 2. The molecule has 25 heavy (non-hydrogen) atoms. The summed E-state index contributed by atoms with van der Waals surface area (Å²) in [5, 5.41) is 6.20. The topological polar surface area (TPSA) is 88.4 Å². The second kappa shape index (κ2) is 9.95. The van der Waals surface area contributed by atoms with E-state index < -0.39 is 9.84 Å². The van der Waals surface area contributed by atoms with Gasteiger partial charge >= 0.3 is 0 Å². The summed E-state index contributed by atoms with van der Waals surface area (Å²) in [5.41, 5.74) is 2.16. The van der Waals surface area contributed by atoms with Crippen LogP contribution in [0.4, 0.5) is 0 Å². The van der Waals surface area contributed by atoms with Crippen LogP contribution in [0.3, 0.4) is 0 Å². The molecule has 0 saturated heterocycles. The maximum atomic E-state index is 11.1. The molecule has 0 radical (unpaired) electrons. The van der Waals surface area contributed by atoms with Crippen molar-refractivity contribution in [3.05, 3.63) is 30.1 Å². The number of nitrogens with one attached hydrogen (secondary N) is 2. The molecule has 2 N–H and O–H groups in total.